The number of allylic oxidation sites excluding steroid dienone is 3. The van der Waals surface area contributed by atoms with E-state index in [1.165, 1.54) is 34.4 Å². The Morgan fingerprint density at radius 2 is 2.06 bits per heavy atom. The van der Waals surface area contributed by atoms with Crippen molar-refractivity contribution in [3.63, 3.8) is 0 Å². The monoisotopic (exact) mass is 222 g/mol. The molecular formula is C17H18. The third-order valence-corrected chi connectivity index (χ3v) is 4.09. The molecule has 1 saturated carbocycles. The molecule has 1 aromatic carbocycles. The van der Waals surface area contributed by atoms with Gasteiger partial charge in [-0.2, -0.15) is 0 Å². The van der Waals surface area contributed by atoms with Gasteiger partial charge in [0.15, 0.2) is 0 Å². The normalized spacial score (nSPS) is 19.6. The van der Waals surface area contributed by atoms with Gasteiger partial charge in [-0.1, -0.05) is 54.7 Å². The summed E-state index contributed by atoms with van der Waals surface area (Å²) in [6.07, 6.45) is 12.4. The molecule has 1 aromatic rings. The zero-order valence-electron chi connectivity index (χ0n) is 10.4. The van der Waals surface area contributed by atoms with E-state index in [0.717, 1.165) is 6.42 Å². The summed E-state index contributed by atoms with van der Waals surface area (Å²) in [5.74, 6) is 0. The van der Waals surface area contributed by atoms with E-state index in [4.69, 9.17) is 0 Å². The van der Waals surface area contributed by atoms with Crippen LogP contribution in [0.25, 0.3) is 12.2 Å². The topological polar surface area (TPSA) is 0 Å². The van der Waals surface area contributed by atoms with E-state index in [-0.39, 0.29) is 0 Å². The highest BCUT2D eigenvalue weighted by molar-refractivity contribution is 5.48. The van der Waals surface area contributed by atoms with E-state index >= 15 is 0 Å². The molecule has 17 heavy (non-hydrogen) atoms. The van der Waals surface area contributed by atoms with Gasteiger partial charge in [0, 0.05) is 5.41 Å². The molecule has 2 aliphatic rings. The van der Waals surface area contributed by atoms with E-state index in [0.29, 0.717) is 5.41 Å². The Morgan fingerprint density at radius 3 is 2.76 bits per heavy atom. The first-order valence-corrected chi connectivity index (χ1v) is 6.36. The summed E-state index contributed by atoms with van der Waals surface area (Å²) < 4.78 is 0. The lowest BCUT2D eigenvalue weighted by Crippen LogP contribution is -2.26. The Balaban J connectivity index is 2.17. The maximum absolute atomic E-state index is 4.16. The third-order valence-electron chi connectivity index (χ3n) is 4.09. The highest BCUT2D eigenvalue weighted by atomic mass is 14.5. The molecule has 3 rings (SSSR count). The van der Waals surface area contributed by atoms with Crippen LogP contribution in [0.5, 0.6) is 0 Å². The van der Waals surface area contributed by atoms with Gasteiger partial charge in [0.1, 0.15) is 0 Å². The smallest absolute Gasteiger partial charge is 0.0157 e. The number of hydrogen-bond acceptors (Lipinski definition) is 0. The molecule has 0 saturated heterocycles. The summed E-state index contributed by atoms with van der Waals surface area (Å²) in [5.41, 5.74) is 3.05. The maximum Gasteiger partial charge on any atom is 0.0157 e. The maximum atomic E-state index is 4.16. The van der Waals surface area contributed by atoms with Crippen LogP contribution in [0.1, 0.15) is 31.7 Å². The van der Waals surface area contributed by atoms with E-state index < -0.39 is 0 Å². The van der Waals surface area contributed by atoms with Gasteiger partial charge in [-0.15, -0.1) is 0 Å². The molecule has 0 amide bonds. The van der Waals surface area contributed by atoms with Crippen LogP contribution < -0.4 is 10.4 Å². The van der Waals surface area contributed by atoms with Gasteiger partial charge in [-0.05, 0) is 42.2 Å². The van der Waals surface area contributed by atoms with Gasteiger partial charge in [-0.25, -0.2) is 0 Å². The first kappa shape index (κ1) is 10.6. The van der Waals surface area contributed by atoms with Gasteiger partial charge in [0.05, 0.1) is 0 Å². The average molecular weight is 222 g/mol. The highest BCUT2D eigenvalue weighted by Crippen LogP contribution is 2.52. The molecular weight excluding hydrogens is 204 g/mol. The van der Waals surface area contributed by atoms with Crippen molar-refractivity contribution in [3.05, 3.63) is 58.5 Å². The quantitative estimate of drug-likeness (QED) is 0.675. The van der Waals surface area contributed by atoms with E-state index in [1.54, 1.807) is 0 Å². The summed E-state index contributed by atoms with van der Waals surface area (Å²) in [6, 6.07) is 6.90. The summed E-state index contributed by atoms with van der Waals surface area (Å²) in [7, 11) is 0. The van der Waals surface area contributed by atoms with Crippen LogP contribution in [0, 0.1) is 0 Å². The Morgan fingerprint density at radius 1 is 1.24 bits per heavy atom. The second kappa shape index (κ2) is 3.73. The molecule has 0 aromatic heterocycles. The van der Waals surface area contributed by atoms with Gasteiger partial charge in [-0.3, -0.25) is 0 Å². The molecule has 0 bridgehead atoms. The fourth-order valence-electron chi connectivity index (χ4n) is 2.73. The fourth-order valence-corrected chi connectivity index (χ4v) is 2.73. The largest absolute Gasteiger partial charge is 0.0992 e. The summed E-state index contributed by atoms with van der Waals surface area (Å²) in [6.45, 7) is 6.33. The van der Waals surface area contributed by atoms with E-state index in [9.17, 15) is 0 Å². The predicted molar refractivity (Wildman–Crippen MR) is 74.1 cm³/mol. The molecule has 2 aliphatic carbocycles. The van der Waals surface area contributed by atoms with Crippen LogP contribution in [0.4, 0.5) is 0 Å². The van der Waals surface area contributed by atoms with Gasteiger partial charge >= 0.3 is 0 Å². The molecule has 0 N–H and O–H groups in total. The third kappa shape index (κ3) is 1.68. The van der Waals surface area contributed by atoms with E-state index in [2.05, 4.69) is 56.0 Å². The van der Waals surface area contributed by atoms with Crippen molar-refractivity contribution in [1.82, 2.24) is 0 Å². The molecule has 0 unspecified atom stereocenters. The van der Waals surface area contributed by atoms with Crippen molar-refractivity contribution in [2.45, 2.75) is 31.6 Å². The van der Waals surface area contributed by atoms with Crippen molar-refractivity contribution in [3.8, 4) is 0 Å². The molecule has 0 heteroatoms. The molecule has 0 heterocycles. The van der Waals surface area contributed by atoms with Crippen molar-refractivity contribution in [1.29, 1.82) is 0 Å². The molecule has 1 fully saturated rings. The Hall–Kier alpha value is -1.56. The molecule has 0 atom stereocenters. The van der Waals surface area contributed by atoms with E-state index in [1.807, 2.05) is 0 Å². The van der Waals surface area contributed by atoms with Gasteiger partial charge in [0.2, 0.25) is 0 Å². The van der Waals surface area contributed by atoms with Crippen LogP contribution in [0.15, 0.2) is 42.5 Å². The minimum Gasteiger partial charge on any atom is -0.0992 e. The Bertz CT molecular complexity index is 610. The van der Waals surface area contributed by atoms with Gasteiger partial charge in [0.25, 0.3) is 0 Å². The zero-order valence-corrected chi connectivity index (χ0v) is 10.4. The second-order valence-electron chi connectivity index (χ2n) is 5.24. The molecule has 0 aliphatic heterocycles. The lowest BCUT2D eigenvalue weighted by atomic mass is 9.89. The number of fused-ring (bicyclic) bond motifs is 1. The molecule has 86 valence electrons. The highest BCUT2D eigenvalue weighted by Gasteiger charge is 2.44. The van der Waals surface area contributed by atoms with Crippen molar-refractivity contribution in [2.24, 2.45) is 0 Å². The lowest BCUT2D eigenvalue weighted by molar-refractivity contribution is 0.823. The van der Waals surface area contributed by atoms with Crippen molar-refractivity contribution >= 4 is 12.2 Å². The predicted octanol–water partition coefficient (Wildman–Crippen LogP) is 2.82. The summed E-state index contributed by atoms with van der Waals surface area (Å²) in [5, 5.41) is 2.71. The second-order valence-corrected chi connectivity index (χ2v) is 5.24. The minimum absolute atomic E-state index is 0.291. The summed E-state index contributed by atoms with van der Waals surface area (Å²) in [4.78, 5) is 0. The Labute approximate surface area is 103 Å². The number of benzene rings is 1. The van der Waals surface area contributed by atoms with Crippen molar-refractivity contribution in [2.75, 3.05) is 0 Å². The molecule has 0 spiro atoms. The Kier molecular flexibility index (Phi) is 2.32. The average Bonchev–Trinajstić information content (AvgIpc) is 3.13. The standard InChI is InChI=1S/C17H18/c1-13(2)17(10-11-17)16-9-8-14-6-4-3-5-7-15(14)12-16/h3,5-9,12H,1,4,10-11H2,2H3. The van der Waals surface area contributed by atoms with Crippen LogP contribution in [-0.4, -0.2) is 0 Å². The summed E-state index contributed by atoms with van der Waals surface area (Å²) >= 11 is 0. The van der Waals surface area contributed by atoms with Crippen LogP contribution in [0.2, 0.25) is 0 Å². The number of hydrogen-bond donors (Lipinski definition) is 0. The van der Waals surface area contributed by atoms with Crippen LogP contribution in [-0.2, 0) is 5.41 Å². The lowest BCUT2D eigenvalue weighted by Gasteiger charge is -2.15. The zero-order chi connectivity index (χ0) is 11.9. The minimum atomic E-state index is 0.291. The fraction of sp³-hybridized carbons (Fsp3) is 0.294. The van der Waals surface area contributed by atoms with Crippen molar-refractivity contribution < 1.29 is 0 Å². The van der Waals surface area contributed by atoms with Crippen LogP contribution in [0.3, 0.4) is 0 Å². The molecule has 0 radical (unpaired) electrons. The van der Waals surface area contributed by atoms with Gasteiger partial charge < -0.3 is 0 Å². The first-order valence-electron chi connectivity index (χ1n) is 6.36. The first-order chi connectivity index (χ1) is 8.22. The van der Waals surface area contributed by atoms with Crippen LogP contribution >= 0.6 is 0 Å². The molecule has 0 nitrogen and oxygen atoms in total. The number of rotatable bonds is 2. The SMILES string of the molecule is C=C(C)C1(c2ccc3c(c2)=CC=CCC=3)CC1.